The second kappa shape index (κ2) is 6.58. The number of nitro groups is 1. The number of halogens is 1. The highest BCUT2D eigenvalue weighted by atomic mass is 79.9. The molecule has 0 radical (unpaired) electrons. The van der Waals surface area contributed by atoms with E-state index in [9.17, 15) is 10.1 Å². The molecule has 2 aromatic carbocycles. The van der Waals surface area contributed by atoms with E-state index in [1.807, 2.05) is 42.3 Å². The van der Waals surface area contributed by atoms with Crippen molar-refractivity contribution in [3.8, 4) is 5.75 Å². The Morgan fingerprint density at radius 2 is 1.90 bits per heavy atom. The third-order valence-electron chi connectivity index (χ3n) is 3.18. The maximum absolute atomic E-state index is 10.9. The Hall–Kier alpha value is -2.08. The van der Waals surface area contributed by atoms with E-state index in [1.165, 1.54) is 6.07 Å². The van der Waals surface area contributed by atoms with Crippen LogP contribution in [0.2, 0.25) is 0 Å². The van der Waals surface area contributed by atoms with Crippen molar-refractivity contribution in [1.82, 2.24) is 0 Å². The van der Waals surface area contributed by atoms with Gasteiger partial charge in [-0.1, -0.05) is 12.1 Å². The second-order valence-corrected chi connectivity index (χ2v) is 5.35. The minimum atomic E-state index is -0.388. The Bertz CT molecular complexity index is 644. The van der Waals surface area contributed by atoms with Crippen molar-refractivity contribution in [3.05, 3.63) is 62.6 Å². The summed E-state index contributed by atoms with van der Waals surface area (Å²) in [7, 11) is 3.56. The van der Waals surface area contributed by atoms with E-state index >= 15 is 0 Å². The van der Waals surface area contributed by atoms with E-state index in [4.69, 9.17) is 4.74 Å². The molecule has 0 aromatic heterocycles. The first kappa shape index (κ1) is 15.3. The van der Waals surface area contributed by atoms with Crippen LogP contribution in [0.5, 0.6) is 5.75 Å². The van der Waals surface area contributed by atoms with Gasteiger partial charge in [-0.15, -0.1) is 0 Å². The fourth-order valence-corrected chi connectivity index (χ4v) is 2.55. The van der Waals surface area contributed by atoms with Crippen molar-refractivity contribution >= 4 is 27.3 Å². The maximum Gasteiger partial charge on any atom is 0.283 e. The summed E-state index contributed by atoms with van der Waals surface area (Å²) in [5, 5.41) is 10.9. The van der Waals surface area contributed by atoms with Crippen LogP contribution in [0.15, 0.2) is 46.9 Å². The molecular formula is C15H15BrN2O3. The monoisotopic (exact) mass is 350 g/mol. The van der Waals surface area contributed by atoms with E-state index in [0.717, 1.165) is 17.0 Å². The van der Waals surface area contributed by atoms with Gasteiger partial charge in [0.15, 0.2) is 0 Å². The summed E-state index contributed by atoms with van der Waals surface area (Å²) in [5.41, 5.74) is 1.95. The van der Waals surface area contributed by atoms with E-state index in [2.05, 4.69) is 15.9 Å². The minimum Gasteiger partial charge on any atom is -0.497 e. The molecule has 0 aliphatic carbocycles. The molecule has 0 amide bonds. The van der Waals surface area contributed by atoms with Gasteiger partial charge < -0.3 is 9.64 Å². The fourth-order valence-electron chi connectivity index (χ4n) is 2.01. The molecule has 0 saturated heterocycles. The SMILES string of the molecule is COc1ccc(N(C)Cc2cccc([N+](=O)[O-])c2Br)cc1. The largest absolute Gasteiger partial charge is 0.497 e. The van der Waals surface area contributed by atoms with Crippen LogP contribution >= 0.6 is 15.9 Å². The summed E-state index contributed by atoms with van der Waals surface area (Å²) in [6.07, 6.45) is 0. The van der Waals surface area contributed by atoms with Gasteiger partial charge in [0.05, 0.1) is 12.0 Å². The molecule has 21 heavy (non-hydrogen) atoms. The lowest BCUT2D eigenvalue weighted by Gasteiger charge is -2.20. The molecule has 0 fully saturated rings. The van der Waals surface area contributed by atoms with E-state index in [-0.39, 0.29) is 10.6 Å². The molecule has 5 nitrogen and oxygen atoms in total. The number of hydrogen-bond donors (Lipinski definition) is 0. The molecule has 110 valence electrons. The normalized spacial score (nSPS) is 10.2. The van der Waals surface area contributed by atoms with Crippen molar-refractivity contribution in [1.29, 1.82) is 0 Å². The highest BCUT2D eigenvalue weighted by Crippen LogP contribution is 2.30. The number of methoxy groups -OCH3 is 1. The number of hydrogen-bond acceptors (Lipinski definition) is 4. The molecule has 0 spiro atoms. The van der Waals surface area contributed by atoms with Crippen molar-refractivity contribution < 1.29 is 9.66 Å². The van der Waals surface area contributed by atoms with Gasteiger partial charge in [0.25, 0.3) is 5.69 Å². The van der Waals surface area contributed by atoms with Crippen molar-refractivity contribution in [2.75, 3.05) is 19.1 Å². The number of ether oxygens (including phenoxy) is 1. The Morgan fingerprint density at radius 3 is 2.48 bits per heavy atom. The molecule has 0 N–H and O–H groups in total. The highest BCUT2D eigenvalue weighted by Gasteiger charge is 2.15. The molecule has 0 saturated carbocycles. The molecular weight excluding hydrogens is 336 g/mol. The van der Waals surface area contributed by atoms with Crippen LogP contribution in [0.4, 0.5) is 11.4 Å². The summed E-state index contributed by atoms with van der Waals surface area (Å²) in [4.78, 5) is 12.6. The lowest BCUT2D eigenvalue weighted by molar-refractivity contribution is -0.385. The summed E-state index contributed by atoms with van der Waals surface area (Å²) in [5.74, 6) is 0.795. The molecule has 6 heteroatoms. The summed E-state index contributed by atoms with van der Waals surface area (Å²) in [6.45, 7) is 0.564. The topological polar surface area (TPSA) is 55.6 Å². The first-order valence-corrected chi connectivity index (χ1v) is 7.09. The molecule has 0 heterocycles. The molecule has 0 atom stereocenters. The number of rotatable bonds is 5. The van der Waals surface area contributed by atoms with Gasteiger partial charge >= 0.3 is 0 Å². The zero-order valence-corrected chi connectivity index (χ0v) is 13.3. The lowest BCUT2D eigenvalue weighted by Crippen LogP contribution is -2.16. The van der Waals surface area contributed by atoms with Crippen LogP contribution in [0.1, 0.15) is 5.56 Å². The fraction of sp³-hybridized carbons (Fsp3) is 0.200. The van der Waals surface area contributed by atoms with Gasteiger partial charge in [-0.3, -0.25) is 10.1 Å². The Balaban J connectivity index is 2.20. The average molecular weight is 351 g/mol. The Labute approximate surface area is 131 Å². The van der Waals surface area contributed by atoms with Gasteiger partial charge in [0.1, 0.15) is 10.2 Å². The zero-order chi connectivity index (χ0) is 15.4. The molecule has 0 aliphatic heterocycles. The van der Waals surface area contributed by atoms with Gasteiger partial charge in [-0.05, 0) is 45.8 Å². The molecule has 0 bridgehead atoms. The second-order valence-electron chi connectivity index (χ2n) is 4.56. The predicted molar refractivity (Wildman–Crippen MR) is 85.9 cm³/mol. The molecule has 2 aromatic rings. The van der Waals surface area contributed by atoms with Crippen molar-refractivity contribution in [2.24, 2.45) is 0 Å². The highest BCUT2D eigenvalue weighted by molar-refractivity contribution is 9.10. The summed E-state index contributed by atoms with van der Waals surface area (Å²) < 4.78 is 5.65. The first-order chi connectivity index (χ1) is 10.0. The van der Waals surface area contributed by atoms with E-state index < -0.39 is 0 Å². The standard InChI is InChI=1S/C15H15BrN2O3/c1-17(12-6-8-13(21-2)9-7-12)10-11-4-3-5-14(15(11)16)18(19)20/h3-9H,10H2,1-2H3. The Morgan fingerprint density at radius 1 is 1.24 bits per heavy atom. The molecule has 0 unspecified atom stereocenters. The number of benzene rings is 2. The summed E-state index contributed by atoms with van der Waals surface area (Å²) >= 11 is 3.32. The minimum absolute atomic E-state index is 0.0793. The van der Waals surface area contributed by atoms with Crippen LogP contribution in [-0.2, 0) is 6.54 Å². The number of nitro benzene ring substituents is 1. The smallest absolute Gasteiger partial charge is 0.283 e. The van der Waals surface area contributed by atoms with Crippen LogP contribution in [0.3, 0.4) is 0 Å². The van der Waals surface area contributed by atoms with Gasteiger partial charge in [-0.25, -0.2) is 0 Å². The lowest BCUT2D eigenvalue weighted by atomic mass is 10.2. The third-order valence-corrected chi connectivity index (χ3v) is 4.09. The van der Waals surface area contributed by atoms with Crippen LogP contribution in [0, 0.1) is 10.1 Å². The third kappa shape index (κ3) is 3.52. The predicted octanol–water partition coefficient (Wildman–Crippen LogP) is 4.00. The van der Waals surface area contributed by atoms with E-state index in [1.54, 1.807) is 13.2 Å². The Kier molecular flexibility index (Phi) is 4.80. The van der Waals surface area contributed by atoms with Crippen LogP contribution < -0.4 is 9.64 Å². The molecule has 2 rings (SSSR count). The van der Waals surface area contributed by atoms with Crippen LogP contribution in [0.25, 0.3) is 0 Å². The molecule has 0 aliphatic rings. The van der Waals surface area contributed by atoms with Gasteiger partial charge in [0.2, 0.25) is 0 Å². The van der Waals surface area contributed by atoms with Crippen molar-refractivity contribution in [2.45, 2.75) is 6.54 Å². The number of nitrogens with zero attached hydrogens (tertiary/aromatic N) is 2. The van der Waals surface area contributed by atoms with Gasteiger partial charge in [-0.2, -0.15) is 0 Å². The number of anilines is 1. The maximum atomic E-state index is 10.9. The quantitative estimate of drug-likeness (QED) is 0.604. The van der Waals surface area contributed by atoms with E-state index in [0.29, 0.717) is 11.0 Å². The zero-order valence-electron chi connectivity index (χ0n) is 11.7. The first-order valence-electron chi connectivity index (χ1n) is 6.30. The van der Waals surface area contributed by atoms with Crippen molar-refractivity contribution in [3.63, 3.8) is 0 Å². The van der Waals surface area contributed by atoms with Gasteiger partial charge in [0, 0.05) is 25.3 Å². The summed E-state index contributed by atoms with van der Waals surface area (Å²) in [6, 6.07) is 12.7. The van der Waals surface area contributed by atoms with Crippen LogP contribution in [-0.4, -0.2) is 19.1 Å². The average Bonchev–Trinajstić information content (AvgIpc) is 2.49.